The SMILES string of the molecule is CCNCc1ccccc1NC(=O)c1cc(C)nc2onc(C)c12. The second-order valence-electron chi connectivity index (χ2n) is 5.65. The van der Waals surface area contributed by atoms with E-state index in [0.717, 1.165) is 17.8 Å². The van der Waals surface area contributed by atoms with Crippen LogP contribution in [0.4, 0.5) is 5.69 Å². The smallest absolute Gasteiger partial charge is 0.258 e. The van der Waals surface area contributed by atoms with Crippen LogP contribution in [0.3, 0.4) is 0 Å². The number of amides is 1. The summed E-state index contributed by atoms with van der Waals surface area (Å²) in [6, 6.07) is 9.52. The second-order valence-corrected chi connectivity index (χ2v) is 5.65. The Morgan fingerprint density at radius 2 is 2.04 bits per heavy atom. The summed E-state index contributed by atoms with van der Waals surface area (Å²) in [5.74, 6) is -0.194. The predicted octanol–water partition coefficient (Wildman–Crippen LogP) is 3.20. The van der Waals surface area contributed by atoms with Crippen LogP contribution in [-0.2, 0) is 6.54 Å². The van der Waals surface area contributed by atoms with E-state index in [1.165, 1.54) is 0 Å². The van der Waals surface area contributed by atoms with Crippen LogP contribution in [0.5, 0.6) is 0 Å². The number of carbonyl (C=O) groups is 1. The minimum Gasteiger partial charge on any atom is -0.336 e. The molecular weight excluding hydrogens is 304 g/mol. The molecule has 0 radical (unpaired) electrons. The first-order valence-electron chi connectivity index (χ1n) is 7.93. The summed E-state index contributed by atoms with van der Waals surface area (Å²) >= 11 is 0. The molecule has 0 spiro atoms. The van der Waals surface area contributed by atoms with Crippen molar-refractivity contribution in [3.8, 4) is 0 Å². The molecule has 0 aliphatic carbocycles. The molecule has 0 unspecified atom stereocenters. The van der Waals surface area contributed by atoms with Crippen molar-refractivity contribution in [2.75, 3.05) is 11.9 Å². The molecule has 2 aromatic heterocycles. The first-order chi connectivity index (χ1) is 11.6. The van der Waals surface area contributed by atoms with E-state index in [4.69, 9.17) is 4.52 Å². The standard InChI is InChI=1S/C18H20N4O2/c1-4-19-10-13-7-5-6-8-15(13)21-17(23)14-9-11(2)20-18-16(14)12(3)22-24-18/h5-9,19H,4,10H2,1-3H3,(H,21,23). The van der Waals surface area contributed by atoms with E-state index in [0.29, 0.717) is 34.6 Å². The number of benzene rings is 1. The summed E-state index contributed by atoms with van der Waals surface area (Å²) in [5.41, 5.74) is 4.11. The van der Waals surface area contributed by atoms with E-state index >= 15 is 0 Å². The topological polar surface area (TPSA) is 80.0 Å². The highest BCUT2D eigenvalue weighted by Crippen LogP contribution is 2.24. The number of pyridine rings is 1. The number of aryl methyl sites for hydroxylation is 2. The summed E-state index contributed by atoms with van der Waals surface area (Å²) < 4.78 is 5.20. The quantitative estimate of drug-likeness (QED) is 0.753. The molecule has 0 fully saturated rings. The van der Waals surface area contributed by atoms with Gasteiger partial charge < -0.3 is 15.2 Å². The third kappa shape index (κ3) is 3.14. The average Bonchev–Trinajstić information content (AvgIpc) is 2.94. The van der Waals surface area contributed by atoms with Gasteiger partial charge in [0.2, 0.25) is 0 Å². The highest BCUT2D eigenvalue weighted by atomic mass is 16.5. The Bertz CT molecular complexity index is 886. The Morgan fingerprint density at radius 1 is 1.25 bits per heavy atom. The number of aromatic nitrogens is 2. The molecule has 6 heteroatoms. The lowest BCUT2D eigenvalue weighted by molar-refractivity contribution is 0.102. The lowest BCUT2D eigenvalue weighted by Crippen LogP contribution is -2.17. The molecule has 124 valence electrons. The molecule has 0 saturated heterocycles. The van der Waals surface area contributed by atoms with Crippen LogP contribution < -0.4 is 10.6 Å². The maximum absolute atomic E-state index is 12.8. The van der Waals surface area contributed by atoms with Gasteiger partial charge >= 0.3 is 0 Å². The van der Waals surface area contributed by atoms with Crippen LogP contribution in [0.1, 0.15) is 34.2 Å². The fraction of sp³-hybridized carbons (Fsp3) is 0.278. The fourth-order valence-corrected chi connectivity index (χ4v) is 2.64. The van der Waals surface area contributed by atoms with Crippen molar-refractivity contribution < 1.29 is 9.32 Å². The number of para-hydroxylation sites is 1. The number of carbonyl (C=O) groups excluding carboxylic acids is 1. The minimum atomic E-state index is -0.194. The van der Waals surface area contributed by atoms with Gasteiger partial charge in [-0.2, -0.15) is 0 Å². The van der Waals surface area contributed by atoms with E-state index in [-0.39, 0.29) is 5.91 Å². The Kier molecular flexibility index (Phi) is 4.57. The molecule has 0 bridgehead atoms. The molecule has 6 nitrogen and oxygen atoms in total. The molecule has 1 amide bonds. The first kappa shape index (κ1) is 16.1. The van der Waals surface area contributed by atoms with Gasteiger partial charge in [-0.15, -0.1) is 0 Å². The molecule has 1 aromatic carbocycles. The molecule has 2 N–H and O–H groups in total. The van der Waals surface area contributed by atoms with Gasteiger partial charge in [0.25, 0.3) is 11.6 Å². The minimum absolute atomic E-state index is 0.194. The van der Waals surface area contributed by atoms with Gasteiger partial charge in [0, 0.05) is 17.9 Å². The normalized spacial score (nSPS) is 11.0. The van der Waals surface area contributed by atoms with E-state index in [9.17, 15) is 4.79 Å². The number of nitrogens with zero attached hydrogens (tertiary/aromatic N) is 2. The zero-order chi connectivity index (χ0) is 17.1. The van der Waals surface area contributed by atoms with Crippen molar-refractivity contribution in [3.05, 3.63) is 52.8 Å². The van der Waals surface area contributed by atoms with Crippen molar-refractivity contribution in [3.63, 3.8) is 0 Å². The summed E-state index contributed by atoms with van der Waals surface area (Å²) in [4.78, 5) is 17.1. The van der Waals surface area contributed by atoms with Crippen LogP contribution in [0.15, 0.2) is 34.9 Å². The Labute approximate surface area is 140 Å². The number of fused-ring (bicyclic) bond motifs is 1. The summed E-state index contributed by atoms with van der Waals surface area (Å²) in [6.45, 7) is 7.24. The molecular formula is C18H20N4O2. The molecule has 24 heavy (non-hydrogen) atoms. The van der Waals surface area contributed by atoms with Gasteiger partial charge in [-0.25, -0.2) is 4.98 Å². The highest BCUT2D eigenvalue weighted by Gasteiger charge is 2.18. The Balaban J connectivity index is 1.95. The number of nitrogens with one attached hydrogen (secondary N) is 2. The average molecular weight is 324 g/mol. The first-order valence-corrected chi connectivity index (χ1v) is 7.93. The maximum Gasteiger partial charge on any atom is 0.258 e. The maximum atomic E-state index is 12.8. The highest BCUT2D eigenvalue weighted by molar-refractivity contribution is 6.12. The largest absolute Gasteiger partial charge is 0.336 e. The van der Waals surface area contributed by atoms with Crippen LogP contribution in [0, 0.1) is 13.8 Å². The van der Waals surface area contributed by atoms with Gasteiger partial charge in [0.05, 0.1) is 16.6 Å². The predicted molar refractivity (Wildman–Crippen MR) is 93.1 cm³/mol. The lowest BCUT2D eigenvalue weighted by atomic mass is 10.1. The molecule has 0 atom stereocenters. The molecule has 3 aromatic rings. The zero-order valence-corrected chi connectivity index (χ0v) is 14.0. The molecule has 3 rings (SSSR count). The van der Waals surface area contributed by atoms with Crippen LogP contribution >= 0.6 is 0 Å². The molecule has 0 saturated carbocycles. The fourth-order valence-electron chi connectivity index (χ4n) is 2.64. The third-order valence-electron chi connectivity index (χ3n) is 3.82. The zero-order valence-electron chi connectivity index (χ0n) is 14.0. The number of rotatable bonds is 5. The summed E-state index contributed by atoms with van der Waals surface area (Å²) in [7, 11) is 0. The Morgan fingerprint density at radius 3 is 2.83 bits per heavy atom. The van der Waals surface area contributed by atoms with Crippen LogP contribution in [0.2, 0.25) is 0 Å². The third-order valence-corrected chi connectivity index (χ3v) is 3.82. The van der Waals surface area contributed by atoms with Crippen molar-refractivity contribution in [1.82, 2.24) is 15.5 Å². The van der Waals surface area contributed by atoms with Gasteiger partial charge in [-0.05, 0) is 38.1 Å². The van der Waals surface area contributed by atoms with Crippen LogP contribution in [-0.4, -0.2) is 22.6 Å². The molecule has 0 aliphatic rings. The van der Waals surface area contributed by atoms with E-state index in [2.05, 4.69) is 20.8 Å². The molecule has 0 aliphatic heterocycles. The van der Waals surface area contributed by atoms with Crippen molar-refractivity contribution in [2.24, 2.45) is 0 Å². The lowest BCUT2D eigenvalue weighted by Gasteiger charge is -2.12. The van der Waals surface area contributed by atoms with E-state index in [1.54, 1.807) is 13.0 Å². The van der Waals surface area contributed by atoms with E-state index in [1.807, 2.05) is 38.1 Å². The monoisotopic (exact) mass is 324 g/mol. The molecule has 2 heterocycles. The Hall–Kier alpha value is -2.73. The van der Waals surface area contributed by atoms with Crippen molar-refractivity contribution >= 4 is 22.7 Å². The second kappa shape index (κ2) is 6.80. The number of anilines is 1. The van der Waals surface area contributed by atoms with Gasteiger partial charge in [0.1, 0.15) is 0 Å². The van der Waals surface area contributed by atoms with E-state index < -0.39 is 0 Å². The summed E-state index contributed by atoms with van der Waals surface area (Å²) in [5, 5.41) is 10.8. The van der Waals surface area contributed by atoms with Gasteiger partial charge in [-0.1, -0.05) is 30.3 Å². The van der Waals surface area contributed by atoms with Gasteiger partial charge in [-0.3, -0.25) is 4.79 Å². The number of hydrogen-bond donors (Lipinski definition) is 2. The van der Waals surface area contributed by atoms with Crippen molar-refractivity contribution in [1.29, 1.82) is 0 Å². The van der Waals surface area contributed by atoms with Crippen molar-refractivity contribution in [2.45, 2.75) is 27.3 Å². The van der Waals surface area contributed by atoms with Gasteiger partial charge in [0.15, 0.2) is 0 Å². The number of hydrogen-bond acceptors (Lipinski definition) is 5. The summed E-state index contributed by atoms with van der Waals surface area (Å²) in [6.07, 6.45) is 0. The van der Waals surface area contributed by atoms with Crippen LogP contribution in [0.25, 0.3) is 11.1 Å².